The average Bonchev–Trinajstić information content (AvgIpc) is 2.96. The fourth-order valence-electron chi connectivity index (χ4n) is 4.23. The lowest BCUT2D eigenvalue weighted by Crippen LogP contribution is -2.56. The first-order chi connectivity index (χ1) is 19.8. The topological polar surface area (TPSA) is 135 Å². The Morgan fingerprint density at radius 2 is 1.27 bits per heavy atom. The maximum Gasteiger partial charge on any atom is 0.315 e. The molecular weight excluding hydrogens is 518 g/mol. The molecular formula is C32H41N5O4. The summed E-state index contributed by atoms with van der Waals surface area (Å²) >= 11 is 0. The number of carbonyl (C=O) groups is 3. The first kappa shape index (κ1) is 31.2. The molecule has 0 radical (unpaired) electrons. The van der Waals surface area contributed by atoms with Gasteiger partial charge in [0.05, 0.1) is 6.61 Å². The highest BCUT2D eigenvalue weighted by molar-refractivity contribution is 5.92. The van der Waals surface area contributed by atoms with E-state index in [1.54, 1.807) is 0 Å². The largest absolute Gasteiger partial charge is 0.494 e. The SMILES string of the molecule is CCOc1ccc(CC(NC(=O)NC(C)C)C(=O)N[C@@H](Cc2ccccc2)C(=O)NCc2ccc(CN)cc2)cc1. The van der Waals surface area contributed by atoms with Gasteiger partial charge in [0.1, 0.15) is 17.8 Å². The first-order valence-electron chi connectivity index (χ1n) is 14.0. The van der Waals surface area contributed by atoms with Crippen LogP contribution >= 0.6 is 0 Å². The quantitative estimate of drug-likeness (QED) is 0.207. The maximum absolute atomic E-state index is 13.6. The van der Waals surface area contributed by atoms with Crippen LogP contribution in [0.2, 0.25) is 0 Å². The molecule has 41 heavy (non-hydrogen) atoms. The molecule has 1 unspecified atom stereocenters. The van der Waals surface area contributed by atoms with Crippen LogP contribution in [0.3, 0.4) is 0 Å². The van der Waals surface area contributed by atoms with Crippen LogP contribution in [0, 0.1) is 0 Å². The van der Waals surface area contributed by atoms with E-state index in [0.717, 1.165) is 28.0 Å². The summed E-state index contributed by atoms with van der Waals surface area (Å²) < 4.78 is 5.51. The Labute approximate surface area is 242 Å². The number of carbonyl (C=O) groups excluding carboxylic acids is 3. The molecule has 4 amide bonds. The number of nitrogens with two attached hydrogens (primary N) is 1. The Morgan fingerprint density at radius 1 is 0.707 bits per heavy atom. The lowest BCUT2D eigenvalue weighted by atomic mass is 10.0. The summed E-state index contributed by atoms with van der Waals surface area (Å²) in [5, 5.41) is 11.4. The summed E-state index contributed by atoms with van der Waals surface area (Å²) in [7, 11) is 0. The molecule has 9 nitrogen and oxygen atoms in total. The first-order valence-corrected chi connectivity index (χ1v) is 14.0. The summed E-state index contributed by atoms with van der Waals surface area (Å²) in [6.45, 7) is 6.88. The molecule has 0 aliphatic carbocycles. The van der Waals surface area contributed by atoms with Gasteiger partial charge in [-0.3, -0.25) is 9.59 Å². The van der Waals surface area contributed by atoms with Crippen molar-refractivity contribution >= 4 is 17.8 Å². The molecule has 218 valence electrons. The van der Waals surface area contributed by atoms with E-state index in [9.17, 15) is 14.4 Å². The van der Waals surface area contributed by atoms with Crippen LogP contribution < -0.4 is 31.7 Å². The van der Waals surface area contributed by atoms with E-state index < -0.39 is 24.0 Å². The molecule has 0 saturated heterocycles. The Kier molecular flexibility index (Phi) is 12.2. The minimum Gasteiger partial charge on any atom is -0.494 e. The predicted octanol–water partition coefficient (Wildman–Crippen LogP) is 3.21. The molecule has 2 atom stereocenters. The monoisotopic (exact) mass is 559 g/mol. The van der Waals surface area contributed by atoms with Crippen molar-refractivity contribution in [2.24, 2.45) is 5.73 Å². The number of hydrogen-bond acceptors (Lipinski definition) is 5. The molecule has 0 spiro atoms. The highest BCUT2D eigenvalue weighted by Gasteiger charge is 2.27. The van der Waals surface area contributed by atoms with E-state index in [2.05, 4.69) is 21.3 Å². The lowest BCUT2D eigenvalue weighted by Gasteiger charge is -2.24. The van der Waals surface area contributed by atoms with Crippen LogP contribution in [-0.2, 0) is 35.5 Å². The molecule has 0 fully saturated rings. The summed E-state index contributed by atoms with van der Waals surface area (Å²) in [5.41, 5.74) is 9.33. The number of nitrogens with one attached hydrogen (secondary N) is 4. The zero-order valence-electron chi connectivity index (χ0n) is 24.0. The van der Waals surface area contributed by atoms with Gasteiger partial charge in [-0.25, -0.2) is 4.79 Å². The molecule has 0 aromatic heterocycles. The van der Waals surface area contributed by atoms with Gasteiger partial charge in [-0.05, 0) is 55.2 Å². The second kappa shape index (κ2) is 16.0. The number of urea groups is 1. The van der Waals surface area contributed by atoms with Gasteiger partial charge in [0.15, 0.2) is 0 Å². The van der Waals surface area contributed by atoms with Crippen LogP contribution in [0.15, 0.2) is 78.9 Å². The third-order valence-electron chi connectivity index (χ3n) is 6.36. The van der Waals surface area contributed by atoms with Gasteiger partial charge in [0, 0.05) is 32.0 Å². The molecule has 3 rings (SSSR count). The minimum absolute atomic E-state index is 0.111. The van der Waals surface area contributed by atoms with Gasteiger partial charge in [-0.15, -0.1) is 0 Å². The number of rotatable bonds is 14. The fourth-order valence-corrected chi connectivity index (χ4v) is 4.23. The zero-order chi connectivity index (χ0) is 29.6. The lowest BCUT2D eigenvalue weighted by molar-refractivity contribution is -0.130. The van der Waals surface area contributed by atoms with Gasteiger partial charge < -0.3 is 31.7 Å². The molecule has 0 aliphatic heterocycles. The van der Waals surface area contributed by atoms with Crippen LogP contribution in [0.1, 0.15) is 43.0 Å². The highest BCUT2D eigenvalue weighted by Crippen LogP contribution is 2.14. The van der Waals surface area contributed by atoms with E-state index >= 15 is 0 Å². The molecule has 0 aliphatic rings. The van der Waals surface area contributed by atoms with Crippen molar-refractivity contribution in [2.75, 3.05) is 6.61 Å². The van der Waals surface area contributed by atoms with Crippen LogP contribution in [0.25, 0.3) is 0 Å². The van der Waals surface area contributed by atoms with Crippen LogP contribution in [0.4, 0.5) is 4.79 Å². The van der Waals surface area contributed by atoms with Crippen LogP contribution in [-0.4, -0.2) is 42.6 Å². The summed E-state index contributed by atoms with van der Waals surface area (Å²) in [6.07, 6.45) is 0.523. The molecule has 0 heterocycles. The fraction of sp³-hybridized carbons (Fsp3) is 0.344. The van der Waals surface area contributed by atoms with Crippen molar-refractivity contribution in [2.45, 2.75) is 64.8 Å². The van der Waals surface area contributed by atoms with Crippen molar-refractivity contribution in [3.8, 4) is 5.75 Å². The molecule has 6 N–H and O–H groups in total. The highest BCUT2D eigenvalue weighted by atomic mass is 16.5. The molecule has 0 bridgehead atoms. The number of hydrogen-bond donors (Lipinski definition) is 5. The van der Waals surface area contributed by atoms with E-state index in [1.807, 2.05) is 99.6 Å². The third-order valence-corrected chi connectivity index (χ3v) is 6.36. The number of ether oxygens (including phenoxy) is 1. The van der Waals surface area contributed by atoms with Gasteiger partial charge >= 0.3 is 6.03 Å². The Hall–Kier alpha value is -4.37. The van der Waals surface area contributed by atoms with Gasteiger partial charge in [-0.2, -0.15) is 0 Å². The van der Waals surface area contributed by atoms with E-state index in [4.69, 9.17) is 10.5 Å². The van der Waals surface area contributed by atoms with E-state index in [1.165, 1.54) is 0 Å². The number of benzene rings is 3. The minimum atomic E-state index is -0.915. The van der Waals surface area contributed by atoms with E-state index in [-0.39, 0.29) is 18.4 Å². The average molecular weight is 560 g/mol. The van der Waals surface area contributed by atoms with Gasteiger partial charge in [0.25, 0.3) is 0 Å². The van der Waals surface area contributed by atoms with Crippen molar-refractivity contribution in [1.82, 2.24) is 21.3 Å². The van der Waals surface area contributed by atoms with Crippen molar-refractivity contribution in [1.29, 1.82) is 0 Å². The molecule has 9 heteroatoms. The third kappa shape index (κ3) is 10.6. The zero-order valence-corrected chi connectivity index (χ0v) is 24.0. The summed E-state index contributed by atoms with van der Waals surface area (Å²) in [4.78, 5) is 39.6. The molecule has 3 aromatic carbocycles. The normalized spacial score (nSPS) is 12.2. The Balaban J connectivity index is 1.77. The second-order valence-corrected chi connectivity index (χ2v) is 10.1. The van der Waals surface area contributed by atoms with Crippen LogP contribution in [0.5, 0.6) is 5.75 Å². The summed E-state index contributed by atoms with van der Waals surface area (Å²) in [6, 6.07) is 22.2. The summed E-state index contributed by atoms with van der Waals surface area (Å²) in [5.74, 6) is -0.0576. The predicted molar refractivity (Wildman–Crippen MR) is 160 cm³/mol. The van der Waals surface area contributed by atoms with Crippen molar-refractivity contribution in [3.63, 3.8) is 0 Å². The molecule has 3 aromatic rings. The Morgan fingerprint density at radius 3 is 1.85 bits per heavy atom. The Bertz CT molecular complexity index is 1250. The standard InChI is InChI=1S/C32H41N5O4/c1-4-41-27-16-14-24(15-17-27)19-29(37-32(40)35-22(2)3)31(39)36-28(18-23-8-6-5-7-9-23)30(38)34-21-26-12-10-25(20-33)11-13-26/h5-17,22,28-29H,4,18-21,33H2,1-3H3,(H,34,38)(H,36,39)(H2,35,37,40)/t28-,29?/m0/s1. The second-order valence-electron chi connectivity index (χ2n) is 10.1. The van der Waals surface area contributed by atoms with Crippen molar-refractivity contribution in [3.05, 3.63) is 101 Å². The van der Waals surface area contributed by atoms with Gasteiger partial charge in [-0.1, -0.05) is 66.7 Å². The smallest absolute Gasteiger partial charge is 0.315 e. The molecule has 0 saturated carbocycles. The number of amides is 4. The van der Waals surface area contributed by atoms with E-state index in [0.29, 0.717) is 26.1 Å². The van der Waals surface area contributed by atoms with Crippen molar-refractivity contribution < 1.29 is 19.1 Å². The maximum atomic E-state index is 13.6. The van der Waals surface area contributed by atoms with Gasteiger partial charge in [0.2, 0.25) is 11.8 Å².